The van der Waals surface area contributed by atoms with Crippen LogP contribution in [0.1, 0.15) is 18.0 Å². The van der Waals surface area contributed by atoms with Crippen LogP contribution in [0.15, 0.2) is 18.2 Å². The fraction of sp³-hybridized carbons (Fsp3) is 0.333. The van der Waals surface area contributed by atoms with Crippen molar-refractivity contribution in [1.29, 1.82) is 0 Å². The third-order valence-electron chi connectivity index (χ3n) is 2.06. The maximum Gasteiger partial charge on any atom is 0.311 e. The molecule has 5 nitrogen and oxygen atoms in total. The molecule has 0 aromatic heterocycles. The Kier molecular flexibility index (Phi) is 5.77. The first-order valence-corrected chi connectivity index (χ1v) is 4.43. The molecule has 1 rings (SSSR count). The number of nitro benzene ring substituents is 1. The summed E-state index contributed by atoms with van der Waals surface area (Å²) >= 11 is 0. The van der Waals surface area contributed by atoms with Crippen LogP contribution >= 0.6 is 12.4 Å². The van der Waals surface area contributed by atoms with Crippen LogP contribution in [0, 0.1) is 10.1 Å². The Hall–Kier alpha value is -1.47. The molecule has 96 valence electrons. The zero-order valence-corrected chi connectivity index (χ0v) is 9.36. The van der Waals surface area contributed by atoms with E-state index in [0.29, 0.717) is 0 Å². The van der Waals surface area contributed by atoms with Crippen molar-refractivity contribution in [2.24, 2.45) is 5.73 Å². The minimum Gasteiger partial charge on any atom is -0.502 e. The largest absolute Gasteiger partial charge is 0.502 e. The van der Waals surface area contributed by atoms with Gasteiger partial charge in [-0.2, -0.15) is 0 Å². The van der Waals surface area contributed by atoms with Gasteiger partial charge < -0.3 is 10.8 Å². The van der Waals surface area contributed by atoms with Gasteiger partial charge in [0.2, 0.25) is 6.43 Å². The molecule has 0 saturated heterocycles. The van der Waals surface area contributed by atoms with Crippen LogP contribution in [0.5, 0.6) is 5.75 Å². The second-order valence-corrected chi connectivity index (χ2v) is 3.24. The maximum atomic E-state index is 12.0. The van der Waals surface area contributed by atoms with Crippen molar-refractivity contribution >= 4 is 18.1 Å². The van der Waals surface area contributed by atoms with Crippen LogP contribution in [0.25, 0.3) is 0 Å². The molecule has 0 amide bonds. The van der Waals surface area contributed by atoms with Gasteiger partial charge in [0.15, 0.2) is 5.75 Å². The minimum absolute atomic E-state index is 0. The molecule has 0 fully saturated rings. The normalized spacial score (nSPS) is 12.0. The standard InChI is InChI=1S/C9H10F2N2O3.ClH/c10-9(11)4-6(12)5-1-2-8(14)7(3-5)13(15)16;/h1-3,6,9,14H,4,12H2;1H/t6-;/m0./s1. The number of nitro groups is 1. The van der Waals surface area contributed by atoms with E-state index in [-0.39, 0.29) is 18.0 Å². The first-order valence-electron chi connectivity index (χ1n) is 4.43. The van der Waals surface area contributed by atoms with E-state index in [4.69, 9.17) is 10.8 Å². The van der Waals surface area contributed by atoms with E-state index in [0.717, 1.165) is 12.1 Å². The Balaban J connectivity index is 0.00000256. The minimum atomic E-state index is -2.58. The van der Waals surface area contributed by atoms with Gasteiger partial charge in [0.25, 0.3) is 0 Å². The number of phenols is 1. The number of rotatable bonds is 4. The summed E-state index contributed by atoms with van der Waals surface area (Å²) in [6, 6.07) is 2.37. The second-order valence-electron chi connectivity index (χ2n) is 3.24. The van der Waals surface area contributed by atoms with E-state index in [1.807, 2.05) is 0 Å². The van der Waals surface area contributed by atoms with Gasteiger partial charge in [-0.3, -0.25) is 10.1 Å². The van der Waals surface area contributed by atoms with Crippen LogP contribution in [0.3, 0.4) is 0 Å². The fourth-order valence-corrected chi connectivity index (χ4v) is 1.25. The van der Waals surface area contributed by atoms with Crippen molar-refractivity contribution < 1.29 is 18.8 Å². The summed E-state index contributed by atoms with van der Waals surface area (Å²) in [4.78, 5) is 9.68. The molecular formula is C9H11ClF2N2O3. The van der Waals surface area contributed by atoms with Gasteiger partial charge in [0, 0.05) is 18.5 Å². The molecule has 0 aliphatic rings. The van der Waals surface area contributed by atoms with Crippen LogP contribution < -0.4 is 5.73 Å². The van der Waals surface area contributed by atoms with Crippen molar-refractivity contribution in [3.05, 3.63) is 33.9 Å². The maximum absolute atomic E-state index is 12.0. The summed E-state index contributed by atoms with van der Waals surface area (Å²) in [5.41, 5.74) is 5.09. The van der Waals surface area contributed by atoms with Crippen LogP contribution in [0.2, 0.25) is 0 Å². The molecule has 0 saturated carbocycles. The topological polar surface area (TPSA) is 89.4 Å². The lowest BCUT2D eigenvalue weighted by molar-refractivity contribution is -0.385. The van der Waals surface area contributed by atoms with Gasteiger partial charge in [-0.25, -0.2) is 8.78 Å². The number of hydrogen-bond acceptors (Lipinski definition) is 4. The van der Waals surface area contributed by atoms with E-state index in [2.05, 4.69) is 0 Å². The van der Waals surface area contributed by atoms with Crippen molar-refractivity contribution in [2.75, 3.05) is 0 Å². The van der Waals surface area contributed by atoms with Gasteiger partial charge in [0.1, 0.15) is 0 Å². The lowest BCUT2D eigenvalue weighted by Gasteiger charge is -2.11. The van der Waals surface area contributed by atoms with Crippen molar-refractivity contribution in [3.63, 3.8) is 0 Å². The molecule has 0 aliphatic carbocycles. The van der Waals surface area contributed by atoms with Crippen LogP contribution in [0.4, 0.5) is 14.5 Å². The number of alkyl halides is 2. The first kappa shape index (κ1) is 15.5. The van der Waals surface area contributed by atoms with Gasteiger partial charge in [-0.05, 0) is 11.6 Å². The van der Waals surface area contributed by atoms with E-state index in [9.17, 15) is 18.9 Å². The second kappa shape index (κ2) is 6.31. The molecule has 1 aromatic rings. The van der Waals surface area contributed by atoms with Crippen molar-refractivity contribution in [1.82, 2.24) is 0 Å². The third kappa shape index (κ3) is 4.12. The molecule has 0 aliphatic heterocycles. The molecule has 0 unspecified atom stereocenters. The van der Waals surface area contributed by atoms with Crippen molar-refractivity contribution in [3.8, 4) is 5.75 Å². The average Bonchev–Trinajstić information content (AvgIpc) is 2.16. The molecule has 1 atom stereocenters. The highest BCUT2D eigenvalue weighted by Gasteiger charge is 2.18. The first-order chi connectivity index (χ1) is 7.41. The number of phenolic OH excluding ortho intramolecular Hbond substituents is 1. The van der Waals surface area contributed by atoms with E-state index < -0.39 is 35.2 Å². The molecule has 0 bridgehead atoms. The Bertz CT molecular complexity index is 404. The lowest BCUT2D eigenvalue weighted by atomic mass is 10.0. The van der Waals surface area contributed by atoms with Gasteiger partial charge >= 0.3 is 5.69 Å². The van der Waals surface area contributed by atoms with Crippen LogP contribution in [-0.4, -0.2) is 16.5 Å². The average molecular weight is 269 g/mol. The zero-order valence-electron chi connectivity index (χ0n) is 8.55. The summed E-state index contributed by atoms with van der Waals surface area (Å²) in [5, 5.41) is 19.6. The number of hydrogen-bond donors (Lipinski definition) is 2. The van der Waals surface area contributed by atoms with Gasteiger partial charge in [-0.1, -0.05) is 6.07 Å². The highest BCUT2D eigenvalue weighted by atomic mass is 35.5. The van der Waals surface area contributed by atoms with Crippen molar-refractivity contribution in [2.45, 2.75) is 18.9 Å². The molecule has 3 N–H and O–H groups in total. The molecule has 17 heavy (non-hydrogen) atoms. The van der Waals surface area contributed by atoms with E-state index in [1.165, 1.54) is 6.07 Å². The van der Waals surface area contributed by atoms with E-state index >= 15 is 0 Å². The predicted octanol–water partition coefficient (Wildman–Crippen LogP) is 2.38. The zero-order chi connectivity index (χ0) is 12.3. The molecular weight excluding hydrogens is 258 g/mol. The number of halogens is 3. The molecule has 0 radical (unpaired) electrons. The quantitative estimate of drug-likeness (QED) is 0.648. The molecule has 8 heteroatoms. The summed E-state index contributed by atoms with van der Waals surface area (Å²) < 4.78 is 24.1. The fourth-order valence-electron chi connectivity index (χ4n) is 1.25. The SMILES string of the molecule is Cl.N[C@@H](CC(F)F)c1ccc(O)c([N+](=O)[O-])c1. The van der Waals surface area contributed by atoms with E-state index in [1.54, 1.807) is 0 Å². The Labute approximate surface area is 102 Å². The Morgan fingerprint density at radius 2 is 2.06 bits per heavy atom. The number of nitrogens with zero attached hydrogens (tertiary/aromatic N) is 1. The number of aromatic hydroxyl groups is 1. The number of benzene rings is 1. The molecule has 1 aromatic carbocycles. The third-order valence-corrected chi connectivity index (χ3v) is 2.06. The summed E-state index contributed by atoms with van der Waals surface area (Å²) in [6.07, 6.45) is -3.16. The molecule has 0 spiro atoms. The number of nitrogens with two attached hydrogens (primary N) is 1. The Morgan fingerprint density at radius 3 is 2.53 bits per heavy atom. The predicted molar refractivity (Wildman–Crippen MR) is 59.6 cm³/mol. The Morgan fingerprint density at radius 1 is 1.47 bits per heavy atom. The monoisotopic (exact) mass is 268 g/mol. The summed E-state index contributed by atoms with van der Waals surface area (Å²) in [7, 11) is 0. The highest BCUT2D eigenvalue weighted by Crippen LogP contribution is 2.29. The van der Waals surface area contributed by atoms with Gasteiger partial charge in [-0.15, -0.1) is 12.4 Å². The summed E-state index contributed by atoms with van der Waals surface area (Å²) in [5.74, 6) is -0.516. The van der Waals surface area contributed by atoms with Gasteiger partial charge in [0.05, 0.1) is 4.92 Å². The molecule has 0 heterocycles. The lowest BCUT2D eigenvalue weighted by Crippen LogP contribution is -2.14. The summed E-state index contributed by atoms with van der Waals surface area (Å²) in [6.45, 7) is 0. The van der Waals surface area contributed by atoms with Crippen LogP contribution in [-0.2, 0) is 0 Å². The highest BCUT2D eigenvalue weighted by molar-refractivity contribution is 5.85. The smallest absolute Gasteiger partial charge is 0.311 e.